The van der Waals surface area contributed by atoms with Crippen LogP contribution in [0.25, 0.3) is 0 Å². The van der Waals surface area contributed by atoms with E-state index in [4.69, 9.17) is 5.11 Å². The molecule has 0 aliphatic heterocycles. The first-order valence-corrected chi connectivity index (χ1v) is 5.22. The van der Waals surface area contributed by atoms with Crippen LogP contribution >= 0.6 is 0 Å². The van der Waals surface area contributed by atoms with Crippen LogP contribution in [-0.4, -0.2) is 36.7 Å². The van der Waals surface area contributed by atoms with E-state index in [1.165, 1.54) is 6.92 Å². The first-order valence-electron chi connectivity index (χ1n) is 5.22. The number of hydrogen-bond acceptors (Lipinski definition) is 1. The van der Waals surface area contributed by atoms with Crippen LogP contribution in [0.5, 0.6) is 0 Å². The highest BCUT2D eigenvalue weighted by Crippen LogP contribution is 2.58. The van der Waals surface area contributed by atoms with E-state index in [2.05, 4.69) is 0 Å². The second-order valence-corrected chi connectivity index (χ2v) is 4.11. The Kier molecular flexibility index (Phi) is 7.32. The number of aliphatic hydroxyl groups is 1. The fourth-order valence-corrected chi connectivity index (χ4v) is 2.22. The molecule has 118 valence electrons. The predicted molar refractivity (Wildman–Crippen MR) is 53.3 cm³/mol. The molecular formula is C10H16F8O. The molecule has 0 heterocycles. The number of hydrogen-bond donors (Lipinski definition) is 1. The quantitative estimate of drug-likeness (QED) is 0.772. The number of rotatable bonds is 2. The summed E-state index contributed by atoms with van der Waals surface area (Å²) < 4.78 is 85.9. The summed E-state index contributed by atoms with van der Waals surface area (Å²) in [5, 5.41) is 9.12. The molecule has 1 rings (SSSR count). The molecule has 0 aromatic rings. The lowest BCUT2D eigenvalue weighted by Crippen LogP contribution is -2.57. The van der Waals surface area contributed by atoms with E-state index < -0.39 is 42.6 Å². The van der Waals surface area contributed by atoms with E-state index >= 15 is 0 Å². The molecule has 1 fully saturated rings. The Morgan fingerprint density at radius 2 is 1.63 bits per heavy atom. The summed E-state index contributed by atoms with van der Waals surface area (Å²) in [5.41, 5.74) is -4.10. The molecule has 9 heteroatoms. The Labute approximate surface area is 105 Å². The van der Waals surface area contributed by atoms with E-state index in [0.717, 1.165) is 0 Å². The molecule has 3 unspecified atom stereocenters. The summed E-state index contributed by atoms with van der Waals surface area (Å²) >= 11 is 0. The Bertz CT molecular complexity index is 267. The molecule has 1 aliphatic rings. The molecule has 0 aromatic carbocycles. The van der Waals surface area contributed by atoms with Crippen LogP contribution in [0.15, 0.2) is 0 Å². The highest BCUT2D eigenvalue weighted by Gasteiger charge is 2.76. The predicted octanol–water partition coefficient (Wildman–Crippen LogP) is 3.67. The third-order valence-electron chi connectivity index (χ3n) is 3.30. The summed E-state index contributed by atoms with van der Waals surface area (Å²) in [5.74, 6) is -7.70. The first-order chi connectivity index (χ1) is 8.11. The zero-order chi connectivity index (χ0) is 14.8. The largest absolute Gasteiger partial charge is 0.423 e. The standard InChI is InChI=1S/C9H12F6O.CH3F.FH/c1-2-5-3-7(16,9(13,14)15)8(11,12)6(5)4-10;1-2;/h5-6,16H,2-4H2,1H3;1H3;1H. The van der Waals surface area contributed by atoms with Crippen LogP contribution in [0.3, 0.4) is 0 Å². The van der Waals surface area contributed by atoms with Gasteiger partial charge >= 0.3 is 6.18 Å². The van der Waals surface area contributed by atoms with E-state index in [1.54, 1.807) is 0 Å². The maximum absolute atomic E-state index is 13.4. The average molecular weight is 304 g/mol. The molecule has 1 nitrogen and oxygen atoms in total. The molecule has 1 saturated carbocycles. The molecule has 0 spiro atoms. The average Bonchev–Trinajstić information content (AvgIpc) is 2.49. The van der Waals surface area contributed by atoms with Crippen molar-refractivity contribution in [3.05, 3.63) is 0 Å². The molecular weight excluding hydrogens is 288 g/mol. The molecule has 0 saturated heterocycles. The van der Waals surface area contributed by atoms with Crippen molar-refractivity contribution in [2.24, 2.45) is 11.8 Å². The van der Waals surface area contributed by atoms with Gasteiger partial charge in [-0.25, -0.2) is 8.78 Å². The van der Waals surface area contributed by atoms with Gasteiger partial charge in [0.15, 0.2) is 0 Å². The van der Waals surface area contributed by atoms with Gasteiger partial charge in [-0.05, 0) is 12.3 Å². The summed E-state index contributed by atoms with van der Waals surface area (Å²) in [6, 6.07) is 0. The van der Waals surface area contributed by atoms with Gasteiger partial charge in [0.25, 0.3) is 5.92 Å². The van der Waals surface area contributed by atoms with Gasteiger partial charge in [0.05, 0.1) is 19.8 Å². The molecule has 0 radical (unpaired) electrons. The summed E-state index contributed by atoms with van der Waals surface area (Å²) in [6.45, 7) is -0.171. The lowest BCUT2D eigenvalue weighted by molar-refractivity contribution is -0.326. The lowest BCUT2D eigenvalue weighted by atomic mass is 9.93. The molecule has 0 bridgehead atoms. The van der Waals surface area contributed by atoms with Crippen molar-refractivity contribution in [1.29, 1.82) is 0 Å². The van der Waals surface area contributed by atoms with Crippen molar-refractivity contribution in [2.75, 3.05) is 13.9 Å². The van der Waals surface area contributed by atoms with Crippen molar-refractivity contribution in [3.63, 3.8) is 0 Å². The van der Waals surface area contributed by atoms with Crippen molar-refractivity contribution >= 4 is 0 Å². The fraction of sp³-hybridized carbons (Fsp3) is 1.00. The van der Waals surface area contributed by atoms with Gasteiger partial charge in [-0.2, -0.15) is 13.2 Å². The molecule has 1 aliphatic carbocycles. The van der Waals surface area contributed by atoms with Gasteiger partial charge in [0, 0.05) is 0 Å². The number of halogens is 8. The lowest BCUT2D eigenvalue weighted by Gasteiger charge is -2.33. The van der Waals surface area contributed by atoms with Crippen molar-refractivity contribution in [2.45, 2.75) is 37.5 Å². The zero-order valence-corrected chi connectivity index (χ0v) is 10.3. The smallest absolute Gasteiger partial charge is 0.376 e. The monoisotopic (exact) mass is 304 g/mol. The van der Waals surface area contributed by atoms with Crippen LogP contribution in [-0.2, 0) is 0 Å². The summed E-state index contributed by atoms with van der Waals surface area (Å²) in [6.07, 6.45) is -6.62. The Morgan fingerprint density at radius 3 is 1.84 bits per heavy atom. The van der Waals surface area contributed by atoms with Crippen LogP contribution < -0.4 is 0 Å². The normalized spacial score (nSPS) is 33.2. The van der Waals surface area contributed by atoms with Gasteiger partial charge < -0.3 is 5.11 Å². The van der Waals surface area contributed by atoms with E-state index in [-0.39, 0.29) is 11.1 Å². The van der Waals surface area contributed by atoms with E-state index in [1.807, 2.05) is 0 Å². The molecule has 0 amide bonds. The first kappa shape index (κ1) is 20.7. The maximum atomic E-state index is 13.4. The Hall–Kier alpha value is -0.600. The third kappa shape index (κ3) is 3.11. The molecule has 3 atom stereocenters. The second kappa shape index (κ2) is 6.71. The summed E-state index contributed by atoms with van der Waals surface area (Å²) in [4.78, 5) is 0. The van der Waals surface area contributed by atoms with E-state index in [9.17, 15) is 30.7 Å². The maximum Gasteiger partial charge on any atom is 0.423 e. The topological polar surface area (TPSA) is 20.2 Å². The van der Waals surface area contributed by atoms with Crippen LogP contribution in [0.4, 0.5) is 35.4 Å². The highest BCUT2D eigenvalue weighted by atomic mass is 19.4. The fourth-order valence-electron chi connectivity index (χ4n) is 2.22. The van der Waals surface area contributed by atoms with Gasteiger partial charge in [-0.1, -0.05) is 13.3 Å². The highest BCUT2D eigenvalue weighted by molar-refractivity contribution is 5.10. The second-order valence-electron chi connectivity index (χ2n) is 4.11. The number of alkyl halides is 7. The van der Waals surface area contributed by atoms with Crippen molar-refractivity contribution < 1.29 is 40.5 Å². The molecule has 0 aromatic heterocycles. The molecule has 1 N–H and O–H groups in total. The van der Waals surface area contributed by atoms with Gasteiger partial charge in [0.2, 0.25) is 5.60 Å². The van der Waals surface area contributed by atoms with E-state index in [0.29, 0.717) is 7.18 Å². The minimum Gasteiger partial charge on any atom is -0.376 e. The van der Waals surface area contributed by atoms with Crippen LogP contribution in [0.2, 0.25) is 0 Å². The van der Waals surface area contributed by atoms with Gasteiger partial charge in [-0.3, -0.25) is 13.5 Å². The van der Waals surface area contributed by atoms with Gasteiger partial charge in [-0.15, -0.1) is 0 Å². The van der Waals surface area contributed by atoms with Gasteiger partial charge in [0.1, 0.15) is 0 Å². The summed E-state index contributed by atoms with van der Waals surface area (Å²) in [7, 11) is 0.500. The third-order valence-corrected chi connectivity index (χ3v) is 3.30. The van der Waals surface area contributed by atoms with Crippen LogP contribution in [0, 0.1) is 11.8 Å². The zero-order valence-electron chi connectivity index (χ0n) is 10.3. The molecule has 19 heavy (non-hydrogen) atoms. The SMILES string of the molecule is CCC1CC(O)(C(F)(F)F)C(F)(F)C1CF.CF.F. The Balaban J connectivity index is 0. The van der Waals surface area contributed by atoms with Crippen molar-refractivity contribution in [1.82, 2.24) is 0 Å². The Morgan fingerprint density at radius 1 is 1.21 bits per heavy atom. The minimum absolute atomic E-state index is 0. The minimum atomic E-state index is -5.45. The van der Waals surface area contributed by atoms with Crippen LogP contribution in [0.1, 0.15) is 19.8 Å². The van der Waals surface area contributed by atoms with Crippen molar-refractivity contribution in [3.8, 4) is 0 Å².